The highest BCUT2D eigenvalue weighted by Gasteiger charge is 2.30. The Hall–Kier alpha value is -2.26. The number of hydrogen-bond acceptors (Lipinski definition) is 5. The number of nitrogen functional groups attached to an aromatic ring is 4. The van der Waals surface area contributed by atoms with Gasteiger partial charge in [-0.2, -0.15) is 0 Å². The molecule has 0 saturated heterocycles. The van der Waals surface area contributed by atoms with E-state index in [0.717, 1.165) is 0 Å². The van der Waals surface area contributed by atoms with Crippen LogP contribution < -0.4 is 33.5 Å². The van der Waals surface area contributed by atoms with Crippen LogP contribution in [-0.4, -0.2) is 0 Å². The highest BCUT2D eigenvalue weighted by atomic mass is 31.1. The fourth-order valence-corrected chi connectivity index (χ4v) is 3.02. The standard InChI is InChI=1S/C12H14N4OP/c13-7-3-1-5-9(11(7)15)18(17)10-6-2-4-8(14)12(10)16/h1-6H,13-16H2/q+1. The predicted octanol–water partition coefficient (Wildman–Crippen LogP) is 0.794. The molecule has 18 heavy (non-hydrogen) atoms. The van der Waals surface area contributed by atoms with Crippen LogP contribution in [0.25, 0.3) is 0 Å². The molecule has 0 radical (unpaired) electrons. The smallest absolute Gasteiger partial charge is 0.397 e. The van der Waals surface area contributed by atoms with Crippen LogP contribution in [0.1, 0.15) is 0 Å². The number of hydrogen-bond donors (Lipinski definition) is 4. The van der Waals surface area contributed by atoms with Gasteiger partial charge in [0.15, 0.2) is 0 Å². The molecule has 6 heteroatoms. The fourth-order valence-electron chi connectivity index (χ4n) is 1.62. The number of nitrogens with two attached hydrogens (primary N) is 4. The van der Waals surface area contributed by atoms with E-state index < -0.39 is 7.80 Å². The molecule has 0 bridgehead atoms. The summed E-state index contributed by atoms with van der Waals surface area (Å²) in [6.07, 6.45) is 0. The summed E-state index contributed by atoms with van der Waals surface area (Å²) < 4.78 is 12.5. The molecule has 0 aliphatic heterocycles. The van der Waals surface area contributed by atoms with Gasteiger partial charge in [-0.15, -0.1) is 0 Å². The Morgan fingerprint density at radius 1 is 0.722 bits per heavy atom. The highest BCUT2D eigenvalue weighted by Crippen LogP contribution is 2.29. The van der Waals surface area contributed by atoms with Crippen LogP contribution in [0.5, 0.6) is 0 Å². The average molecular weight is 261 g/mol. The van der Waals surface area contributed by atoms with Crippen molar-refractivity contribution in [1.29, 1.82) is 0 Å². The lowest BCUT2D eigenvalue weighted by molar-refractivity contribution is 0.598. The maximum atomic E-state index is 12.5. The van der Waals surface area contributed by atoms with E-state index in [1.807, 2.05) is 0 Å². The second-order valence-corrected chi connectivity index (χ2v) is 5.41. The second kappa shape index (κ2) is 4.55. The summed E-state index contributed by atoms with van der Waals surface area (Å²) in [6.45, 7) is 0. The van der Waals surface area contributed by atoms with Gasteiger partial charge >= 0.3 is 7.80 Å². The second-order valence-electron chi connectivity index (χ2n) is 3.85. The lowest BCUT2D eigenvalue weighted by Crippen LogP contribution is -2.16. The van der Waals surface area contributed by atoms with Gasteiger partial charge in [0.25, 0.3) is 0 Å². The van der Waals surface area contributed by atoms with Gasteiger partial charge in [0, 0.05) is 0 Å². The number of para-hydroxylation sites is 2. The predicted molar refractivity (Wildman–Crippen MR) is 77.4 cm³/mol. The molecule has 0 fully saturated rings. The first-order valence-electron chi connectivity index (χ1n) is 5.27. The van der Waals surface area contributed by atoms with Crippen LogP contribution in [0.4, 0.5) is 22.7 Å². The van der Waals surface area contributed by atoms with E-state index in [1.54, 1.807) is 36.4 Å². The largest absolute Gasteiger partial charge is 0.419 e. The molecule has 0 aliphatic carbocycles. The van der Waals surface area contributed by atoms with Crippen LogP contribution in [0, 0.1) is 0 Å². The molecule has 8 N–H and O–H groups in total. The van der Waals surface area contributed by atoms with E-state index in [2.05, 4.69) is 0 Å². The fraction of sp³-hybridized carbons (Fsp3) is 0. The Balaban J connectivity index is 2.55. The van der Waals surface area contributed by atoms with Crippen LogP contribution >= 0.6 is 7.80 Å². The molecule has 0 unspecified atom stereocenters. The topological polar surface area (TPSA) is 121 Å². The van der Waals surface area contributed by atoms with E-state index in [4.69, 9.17) is 22.9 Å². The van der Waals surface area contributed by atoms with Gasteiger partial charge in [0.1, 0.15) is 11.4 Å². The molecule has 2 aromatic carbocycles. The van der Waals surface area contributed by atoms with E-state index in [0.29, 0.717) is 33.4 Å². The van der Waals surface area contributed by atoms with Crippen molar-refractivity contribution < 1.29 is 4.57 Å². The third kappa shape index (κ3) is 1.96. The van der Waals surface area contributed by atoms with Crippen molar-refractivity contribution in [1.82, 2.24) is 0 Å². The number of rotatable bonds is 2. The van der Waals surface area contributed by atoms with Crippen molar-refractivity contribution in [2.45, 2.75) is 0 Å². The van der Waals surface area contributed by atoms with Gasteiger partial charge in [-0.05, 0) is 24.3 Å². The number of anilines is 4. The minimum atomic E-state index is -1.90. The third-order valence-corrected chi connectivity index (χ3v) is 4.33. The molecule has 5 nitrogen and oxygen atoms in total. The molecular formula is C12H14N4OP+. The van der Waals surface area contributed by atoms with Gasteiger partial charge in [-0.25, -0.2) is 0 Å². The number of benzene rings is 2. The first-order chi connectivity index (χ1) is 8.52. The molecule has 0 heterocycles. The summed E-state index contributed by atoms with van der Waals surface area (Å²) in [7, 11) is -1.90. The van der Waals surface area contributed by atoms with Gasteiger partial charge in [0.05, 0.1) is 11.4 Å². The normalized spacial score (nSPS) is 10.2. The van der Waals surface area contributed by atoms with E-state index >= 15 is 0 Å². The van der Waals surface area contributed by atoms with Crippen molar-refractivity contribution in [3.05, 3.63) is 36.4 Å². The van der Waals surface area contributed by atoms with Gasteiger partial charge in [-0.3, -0.25) is 0 Å². The molecule has 92 valence electrons. The molecule has 2 aromatic rings. The Labute approximate surface area is 106 Å². The molecule has 2 rings (SSSR count). The molecule has 0 spiro atoms. The van der Waals surface area contributed by atoms with Crippen LogP contribution in [0.15, 0.2) is 36.4 Å². The van der Waals surface area contributed by atoms with Crippen LogP contribution in [0.3, 0.4) is 0 Å². The Kier molecular flexibility index (Phi) is 3.08. The van der Waals surface area contributed by atoms with Crippen molar-refractivity contribution in [3.8, 4) is 0 Å². The molecule has 0 saturated carbocycles. The van der Waals surface area contributed by atoms with Crippen molar-refractivity contribution in [3.63, 3.8) is 0 Å². The summed E-state index contributed by atoms with van der Waals surface area (Å²) in [5.74, 6) is 0. The van der Waals surface area contributed by atoms with Crippen molar-refractivity contribution in [2.24, 2.45) is 0 Å². The minimum Gasteiger partial charge on any atom is -0.397 e. The zero-order valence-corrected chi connectivity index (χ0v) is 10.5. The Morgan fingerprint density at radius 2 is 1.11 bits per heavy atom. The SMILES string of the molecule is Nc1cccc([P+](=O)c2cccc(N)c2N)c1N. The van der Waals surface area contributed by atoms with E-state index in [1.165, 1.54) is 0 Å². The minimum absolute atomic E-state index is 0.320. The summed E-state index contributed by atoms with van der Waals surface area (Å²) >= 11 is 0. The summed E-state index contributed by atoms with van der Waals surface area (Å²) in [5, 5.41) is 0.949. The molecule has 0 aliphatic rings. The monoisotopic (exact) mass is 261 g/mol. The van der Waals surface area contributed by atoms with Crippen molar-refractivity contribution >= 4 is 41.2 Å². The van der Waals surface area contributed by atoms with Gasteiger partial charge in [0.2, 0.25) is 10.6 Å². The maximum absolute atomic E-state index is 12.5. The van der Waals surface area contributed by atoms with Crippen LogP contribution in [0.2, 0.25) is 0 Å². The Bertz CT molecular complexity index is 574. The molecule has 0 amide bonds. The van der Waals surface area contributed by atoms with Crippen LogP contribution in [-0.2, 0) is 4.57 Å². The highest BCUT2D eigenvalue weighted by molar-refractivity contribution is 7.62. The zero-order chi connectivity index (χ0) is 13.3. The van der Waals surface area contributed by atoms with Gasteiger partial charge < -0.3 is 22.9 Å². The zero-order valence-electron chi connectivity index (χ0n) is 9.63. The summed E-state index contributed by atoms with van der Waals surface area (Å²) in [5.41, 5.74) is 24.5. The molecule has 0 atom stereocenters. The maximum Gasteiger partial charge on any atom is 0.419 e. The average Bonchev–Trinajstić information content (AvgIpc) is 2.35. The van der Waals surface area contributed by atoms with E-state index in [-0.39, 0.29) is 0 Å². The quantitative estimate of drug-likeness (QED) is 0.470. The molecular weight excluding hydrogens is 247 g/mol. The summed E-state index contributed by atoms with van der Waals surface area (Å²) in [6, 6.07) is 10.1. The summed E-state index contributed by atoms with van der Waals surface area (Å²) in [4.78, 5) is 0. The van der Waals surface area contributed by atoms with Crippen molar-refractivity contribution in [2.75, 3.05) is 22.9 Å². The lowest BCUT2D eigenvalue weighted by atomic mass is 10.3. The Morgan fingerprint density at radius 3 is 1.50 bits per heavy atom. The van der Waals surface area contributed by atoms with E-state index in [9.17, 15) is 4.57 Å². The molecule has 0 aromatic heterocycles. The first-order valence-corrected chi connectivity index (χ1v) is 6.53. The third-order valence-electron chi connectivity index (χ3n) is 2.67. The first kappa shape index (κ1) is 12.2. The lowest BCUT2D eigenvalue weighted by Gasteiger charge is -2.02. The van der Waals surface area contributed by atoms with Gasteiger partial charge in [-0.1, -0.05) is 16.7 Å².